The number of carbonyl (C=O) groups is 1. The number of halogens is 2. The summed E-state index contributed by atoms with van der Waals surface area (Å²) in [4.78, 5) is 15.6. The topological polar surface area (TPSA) is 68.0 Å². The number of nitrogens with zero attached hydrogens (tertiary/aromatic N) is 1. The van der Waals surface area contributed by atoms with E-state index in [1.165, 1.54) is 0 Å². The van der Waals surface area contributed by atoms with E-state index in [2.05, 4.69) is 10.3 Å². The highest BCUT2D eigenvalue weighted by Gasteiger charge is 2.16. The summed E-state index contributed by atoms with van der Waals surface area (Å²) >= 11 is 1.56. The van der Waals surface area contributed by atoms with Crippen molar-refractivity contribution in [3.8, 4) is 0 Å². The zero-order valence-electron chi connectivity index (χ0n) is 9.88. The fraction of sp³-hybridized carbons (Fsp3) is 0.600. The first kappa shape index (κ1) is 19.0. The van der Waals surface area contributed by atoms with Crippen molar-refractivity contribution in [2.24, 2.45) is 11.7 Å². The minimum atomic E-state index is -0.416. The number of carbonyl (C=O) groups excluding carboxylic acids is 1. The molecular weight excluding hydrogens is 281 g/mol. The molecule has 0 aliphatic carbocycles. The molecule has 0 saturated carbocycles. The van der Waals surface area contributed by atoms with Gasteiger partial charge < -0.3 is 11.1 Å². The Balaban J connectivity index is 0. The van der Waals surface area contributed by atoms with E-state index in [-0.39, 0.29) is 36.6 Å². The van der Waals surface area contributed by atoms with Crippen molar-refractivity contribution in [2.45, 2.75) is 26.3 Å². The average molecular weight is 300 g/mol. The van der Waals surface area contributed by atoms with Gasteiger partial charge in [-0.05, 0) is 5.92 Å². The number of aromatic nitrogens is 1. The van der Waals surface area contributed by atoms with E-state index >= 15 is 0 Å². The molecule has 17 heavy (non-hydrogen) atoms. The molecule has 0 spiro atoms. The fourth-order valence-electron chi connectivity index (χ4n) is 1.10. The molecule has 1 rings (SSSR count). The van der Waals surface area contributed by atoms with Gasteiger partial charge in [0.2, 0.25) is 5.91 Å². The zero-order chi connectivity index (χ0) is 11.3. The van der Waals surface area contributed by atoms with Crippen LogP contribution in [0.1, 0.15) is 19.5 Å². The predicted octanol–water partition coefficient (Wildman–Crippen LogP) is 1.63. The van der Waals surface area contributed by atoms with Crippen molar-refractivity contribution in [2.75, 3.05) is 6.54 Å². The molecule has 1 heterocycles. The van der Waals surface area contributed by atoms with Crippen molar-refractivity contribution >= 4 is 42.1 Å². The highest BCUT2D eigenvalue weighted by Crippen LogP contribution is 2.01. The highest BCUT2D eigenvalue weighted by atomic mass is 35.5. The van der Waals surface area contributed by atoms with E-state index in [0.29, 0.717) is 6.54 Å². The number of rotatable bonds is 5. The van der Waals surface area contributed by atoms with Gasteiger partial charge in [-0.2, -0.15) is 0 Å². The van der Waals surface area contributed by atoms with Crippen molar-refractivity contribution < 1.29 is 4.79 Å². The summed E-state index contributed by atoms with van der Waals surface area (Å²) in [6.45, 7) is 4.47. The van der Waals surface area contributed by atoms with Crippen LogP contribution in [0.4, 0.5) is 0 Å². The average Bonchev–Trinajstić information content (AvgIpc) is 2.69. The second kappa shape index (κ2) is 9.65. The molecule has 1 unspecified atom stereocenters. The third-order valence-corrected chi connectivity index (χ3v) is 2.82. The number of nitrogens with two attached hydrogens (primary N) is 1. The normalized spacial score (nSPS) is 11.3. The van der Waals surface area contributed by atoms with Crippen molar-refractivity contribution in [1.29, 1.82) is 0 Å². The van der Waals surface area contributed by atoms with Crippen LogP contribution in [-0.2, 0) is 11.2 Å². The van der Waals surface area contributed by atoms with Gasteiger partial charge in [0.05, 0.1) is 17.2 Å². The Morgan fingerprint density at radius 1 is 1.53 bits per heavy atom. The van der Waals surface area contributed by atoms with E-state index in [4.69, 9.17) is 5.73 Å². The van der Waals surface area contributed by atoms with Gasteiger partial charge in [0.25, 0.3) is 0 Å². The number of hydrogen-bond donors (Lipinski definition) is 2. The van der Waals surface area contributed by atoms with Crippen LogP contribution in [0.3, 0.4) is 0 Å². The van der Waals surface area contributed by atoms with Gasteiger partial charge >= 0.3 is 0 Å². The largest absolute Gasteiger partial charge is 0.354 e. The SMILES string of the molecule is CC(C)C(N)C(=O)NCCc1cscn1.Cl.Cl. The lowest BCUT2D eigenvalue weighted by molar-refractivity contribution is -0.123. The van der Waals surface area contributed by atoms with E-state index in [1.54, 1.807) is 16.8 Å². The molecule has 0 fully saturated rings. The lowest BCUT2D eigenvalue weighted by Crippen LogP contribution is -2.44. The minimum absolute atomic E-state index is 0. The van der Waals surface area contributed by atoms with Crippen LogP contribution >= 0.6 is 36.2 Å². The van der Waals surface area contributed by atoms with E-state index in [0.717, 1.165) is 12.1 Å². The summed E-state index contributed by atoms with van der Waals surface area (Å²) < 4.78 is 0. The smallest absolute Gasteiger partial charge is 0.237 e. The predicted molar refractivity (Wildman–Crippen MR) is 76.1 cm³/mol. The number of amides is 1. The number of hydrogen-bond acceptors (Lipinski definition) is 4. The Morgan fingerprint density at radius 3 is 2.65 bits per heavy atom. The maximum atomic E-state index is 11.5. The first-order chi connectivity index (χ1) is 7.11. The molecule has 100 valence electrons. The molecule has 0 bridgehead atoms. The maximum Gasteiger partial charge on any atom is 0.237 e. The number of thiazole rings is 1. The van der Waals surface area contributed by atoms with Gasteiger partial charge in [0.15, 0.2) is 0 Å². The summed E-state index contributed by atoms with van der Waals surface area (Å²) in [5.74, 6) is 0.0875. The molecule has 1 aromatic rings. The lowest BCUT2D eigenvalue weighted by atomic mass is 10.1. The third kappa shape index (κ3) is 6.83. The van der Waals surface area contributed by atoms with Gasteiger partial charge in [-0.25, -0.2) is 4.98 Å². The molecule has 1 aromatic heterocycles. The van der Waals surface area contributed by atoms with Crippen molar-refractivity contribution in [3.05, 3.63) is 16.6 Å². The first-order valence-electron chi connectivity index (χ1n) is 5.01. The van der Waals surface area contributed by atoms with E-state index in [9.17, 15) is 4.79 Å². The Labute approximate surface area is 118 Å². The summed E-state index contributed by atoms with van der Waals surface area (Å²) in [6, 6.07) is -0.416. The molecule has 0 aliphatic heterocycles. The third-order valence-electron chi connectivity index (χ3n) is 2.18. The second-order valence-corrected chi connectivity index (χ2v) is 4.51. The molecule has 0 radical (unpaired) electrons. The second-order valence-electron chi connectivity index (χ2n) is 3.79. The van der Waals surface area contributed by atoms with Crippen LogP contribution in [0.25, 0.3) is 0 Å². The van der Waals surface area contributed by atoms with Crippen LogP contribution in [0.5, 0.6) is 0 Å². The van der Waals surface area contributed by atoms with Crippen LogP contribution in [0, 0.1) is 5.92 Å². The summed E-state index contributed by atoms with van der Waals surface area (Å²) in [5.41, 5.74) is 8.49. The van der Waals surface area contributed by atoms with E-state index < -0.39 is 6.04 Å². The van der Waals surface area contributed by atoms with Gasteiger partial charge in [-0.3, -0.25) is 4.79 Å². The Kier molecular flexibility index (Phi) is 10.8. The summed E-state index contributed by atoms with van der Waals surface area (Å²) in [5, 5.41) is 4.78. The van der Waals surface area contributed by atoms with Gasteiger partial charge in [-0.1, -0.05) is 13.8 Å². The maximum absolute atomic E-state index is 11.5. The molecule has 0 saturated heterocycles. The van der Waals surface area contributed by atoms with Gasteiger partial charge in [-0.15, -0.1) is 36.2 Å². The van der Waals surface area contributed by atoms with Gasteiger partial charge in [0.1, 0.15) is 0 Å². The van der Waals surface area contributed by atoms with Crippen LogP contribution in [0.2, 0.25) is 0 Å². The zero-order valence-corrected chi connectivity index (χ0v) is 12.3. The fourth-order valence-corrected chi connectivity index (χ4v) is 1.69. The van der Waals surface area contributed by atoms with E-state index in [1.807, 2.05) is 19.2 Å². The highest BCUT2D eigenvalue weighted by molar-refractivity contribution is 7.07. The molecular formula is C10H19Cl2N3OS. The Hall–Kier alpha value is -0.360. The number of nitrogens with one attached hydrogen (secondary N) is 1. The molecule has 1 amide bonds. The summed E-state index contributed by atoms with van der Waals surface area (Å²) in [7, 11) is 0. The molecule has 0 aliphatic rings. The van der Waals surface area contributed by atoms with Gasteiger partial charge in [0, 0.05) is 18.3 Å². The first-order valence-corrected chi connectivity index (χ1v) is 5.96. The lowest BCUT2D eigenvalue weighted by Gasteiger charge is -2.14. The Morgan fingerprint density at radius 2 is 2.18 bits per heavy atom. The molecule has 4 nitrogen and oxygen atoms in total. The summed E-state index contributed by atoms with van der Waals surface area (Å²) in [6.07, 6.45) is 0.764. The molecule has 7 heteroatoms. The van der Waals surface area contributed by atoms with Crippen molar-refractivity contribution in [3.63, 3.8) is 0 Å². The van der Waals surface area contributed by atoms with Crippen LogP contribution < -0.4 is 11.1 Å². The monoisotopic (exact) mass is 299 g/mol. The van der Waals surface area contributed by atoms with Crippen molar-refractivity contribution in [1.82, 2.24) is 10.3 Å². The quantitative estimate of drug-likeness (QED) is 0.868. The Bertz CT molecular complexity index is 307. The van der Waals surface area contributed by atoms with Crippen LogP contribution in [0.15, 0.2) is 10.9 Å². The molecule has 1 atom stereocenters. The standard InChI is InChI=1S/C10H17N3OS.2ClH/c1-7(2)9(11)10(14)12-4-3-8-5-15-6-13-8;;/h5-7,9H,3-4,11H2,1-2H3,(H,12,14);2*1H. The molecule has 0 aromatic carbocycles. The molecule has 3 N–H and O–H groups in total. The van der Waals surface area contributed by atoms with Crippen LogP contribution in [-0.4, -0.2) is 23.5 Å². The minimum Gasteiger partial charge on any atom is -0.354 e.